The topological polar surface area (TPSA) is 4.93 Å². The Balaban J connectivity index is 1.18. The normalized spacial score (nSPS) is 11.8. The van der Waals surface area contributed by atoms with E-state index in [2.05, 4.69) is 158 Å². The van der Waals surface area contributed by atoms with E-state index in [1.807, 2.05) is 17.4 Å². The Morgan fingerprint density at radius 3 is 2.14 bits per heavy atom. The molecule has 0 bridgehead atoms. The number of hydrogen-bond donors (Lipinski definition) is 0. The second-order valence-corrected chi connectivity index (χ2v) is 12.5. The number of para-hydroxylation sites is 1. The predicted octanol–water partition coefficient (Wildman–Crippen LogP) is 12.1. The summed E-state index contributed by atoms with van der Waals surface area (Å²) in [7, 11) is 0. The van der Waals surface area contributed by atoms with E-state index in [1.165, 1.54) is 69.8 Å². The van der Waals surface area contributed by atoms with E-state index in [0.29, 0.717) is 0 Å². The number of fused-ring (bicyclic) bond motifs is 6. The Kier molecular flexibility index (Phi) is 6.51. The van der Waals surface area contributed by atoms with Crippen molar-refractivity contribution in [1.29, 1.82) is 0 Å². The van der Waals surface area contributed by atoms with Crippen LogP contribution in [0, 0.1) is 0 Å². The Morgan fingerprint density at radius 2 is 1.32 bits per heavy atom. The first-order chi connectivity index (χ1) is 21.7. The molecule has 8 aromatic rings. The average Bonchev–Trinajstić information content (AvgIpc) is 3.60. The number of rotatable bonds is 6. The maximum absolute atomic E-state index is 4.11. The third kappa shape index (κ3) is 4.47. The van der Waals surface area contributed by atoms with Crippen LogP contribution in [0.15, 0.2) is 140 Å². The van der Waals surface area contributed by atoms with Crippen LogP contribution in [0.5, 0.6) is 0 Å². The summed E-state index contributed by atoms with van der Waals surface area (Å²) >= 11 is 1.87. The third-order valence-corrected chi connectivity index (χ3v) is 9.84. The van der Waals surface area contributed by atoms with Crippen molar-refractivity contribution in [3.63, 3.8) is 0 Å². The van der Waals surface area contributed by atoms with Gasteiger partial charge in [0, 0.05) is 36.6 Å². The number of thiophene rings is 1. The molecule has 1 nitrogen and oxygen atoms in total. The summed E-state index contributed by atoms with van der Waals surface area (Å²) < 4.78 is 5.09. The van der Waals surface area contributed by atoms with Crippen LogP contribution in [0.4, 0.5) is 0 Å². The molecule has 44 heavy (non-hydrogen) atoms. The van der Waals surface area contributed by atoms with E-state index in [4.69, 9.17) is 0 Å². The molecule has 0 unspecified atom stereocenters. The minimum absolute atomic E-state index is 0.920. The zero-order valence-electron chi connectivity index (χ0n) is 24.6. The molecule has 0 aliphatic heterocycles. The fourth-order valence-corrected chi connectivity index (χ4v) is 7.65. The smallest absolute Gasteiger partial charge is 0.0547 e. The van der Waals surface area contributed by atoms with Crippen molar-refractivity contribution in [3.05, 3.63) is 162 Å². The largest absolute Gasteiger partial charge is 0.309 e. The Labute approximate surface area is 261 Å². The van der Waals surface area contributed by atoms with Gasteiger partial charge in [0.05, 0.1) is 11.0 Å². The minimum Gasteiger partial charge on any atom is -0.309 e. The molecule has 0 aliphatic rings. The van der Waals surface area contributed by atoms with Crippen molar-refractivity contribution >= 4 is 65.5 Å². The second-order valence-electron chi connectivity index (χ2n) is 11.4. The van der Waals surface area contributed by atoms with Crippen molar-refractivity contribution in [2.75, 3.05) is 0 Å². The average molecular weight is 582 g/mol. The standard InChI is InChI=1S/C42H31NS/c1-3-10-32-27-40-37(25-30(32)4-2)36-26-33(20-21-39(36)43(40)34-11-6-5-7-12-34)31-18-15-28(16-19-31)23-29-17-22-42-38(24-29)35-13-8-9-14-41(35)44-42/h3-22,24-27H,2,23H2,1H3/b10-3-. The highest BCUT2D eigenvalue weighted by Crippen LogP contribution is 2.38. The van der Waals surface area contributed by atoms with Crippen LogP contribution in [0.1, 0.15) is 29.2 Å². The molecule has 2 heterocycles. The molecule has 0 fully saturated rings. The van der Waals surface area contributed by atoms with Gasteiger partial charge < -0.3 is 4.57 Å². The van der Waals surface area contributed by atoms with Crippen LogP contribution in [-0.4, -0.2) is 4.57 Å². The molecule has 0 atom stereocenters. The van der Waals surface area contributed by atoms with Gasteiger partial charge in [0.2, 0.25) is 0 Å². The fourth-order valence-electron chi connectivity index (χ4n) is 6.57. The molecule has 0 saturated heterocycles. The van der Waals surface area contributed by atoms with Gasteiger partial charge >= 0.3 is 0 Å². The molecule has 2 aromatic heterocycles. The Morgan fingerprint density at radius 1 is 0.591 bits per heavy atom. The molecule has 0 N–H and O–H groups in total. The van der Waals surface area contributed by atoms with Crippen LogP contribution >= 0.6 is 11.3 Å². The van der Waals surface area contributed by atoms with Crippen LogP contribution in [-0.2, 0) is 6.42 Å². The van der Waals surface area contributed by atoms with Crippen molar-refractivity contribution in [2.24, 2.45) is 0 Å². The van der Waals surface area contributed by atoms with Crippen LogP contribution in [0.25, 0.3) is 70.9 Å². The summed E-state index contributed by atoms with van der Waals surface area (Å²) in [5.74, 6) is 0. The summed E-state index contributed by atoms with van der Waals surface area (Å²) in [4.78, 5) is 0. The molecule has 210 valence electrons. The highest BCUT2D eigenvalue weighted by atomic mass is 32.1. The van der Waals surface area contributed by atoms with Crippen molar-refractivity contribution in [2.45, 2.75) is 13.3 Å². The highest BCUT2D eigenvalue weighted by molar-refractivity contribution is 7.25. The molecule has 2 heteroatoms. The number of benzene rings is 6. The molecule has 0 amide bonds. The first-order valence-electron chi connectivity index (χ1n) is 15.1. The van der Waals surface area contributed by atoms with Crippen LogP contribution in [0.2, 0.25) is 0 Å². The highest BCUT2D eigenvalue weighted by Gasteiger charge is 2.15. The zero-order chi connectivity index (χ0) is 29.6. The van der Waals surface area contributed by atoms with E-state index >= 15 is 0 Å². The number of allylic oxidation sites excluding steroid dienone is 1. The summed E-state index contributed by atoms with van der Waals surface area (Å²) in [6.45, 7) is 6.18. The van der Waals surface area contributed by atoms with Gasteiger partial charge in [-0.3, -0.25) is 0 Å². The second kappa shape index (κ2) is 10.8. The van der Waals surface area contributed by atoms with Gasteiger partial charge in [-0.2, -0.15) is 0 Å². The lowest BCUT2D eigenvalue weighted by molar-refractivity contribution is 1.18. The van der Waals surface area contributed by atoms with Gasteiger partial charge in [-0.1, -0.05) is 97.6 Å². The molecule has 0 saturated carbocycles. The number of nitrogens with zero attached hydrogens (tertiary/aromatic N) is 1. The van der Waals surface area contributed by atoms with Gasteiger partial charge in [0.1, 0.15) is 0 Å². The maximum atomic E-state index is 4.11. The molecular formula is C42H31NS. The van der Waals surface area contributed by atoms with E-state index in [1.54, 1.807) is 0 Å². The Bertz CT molecular complexity index is 2370. The van der Waals surface area contributed by atoms with E-state index in [0.717, 1.165) is 17.7 Å². The van der Waals surface area contributed by atoms with E-state index in [9.17, 15) is 0 Å². The van der Waals surface area contributed by atoms with Crippen molar-refractivity contribution in [1.82, 2.24) is 4.57 Å². The van der Waals surface area contributed by atoms with Gasteiger partial charge in [-0.25, -0.2) is 0 Å². The van der Waals surface area contributed by atoms with Crippen molar-refractivity contribution in [3.8, 4) is 16.8 Å². The minimum atomic E-state index is 0.920. The number of aromatic nitrogens is 1. The van der Waals surface area contributed by atoms with E-state index in [-0.39, 0.29) is 0 Å². The van der Waals surface area contributed by atoms with Gasteiger partial charge in [0.15, 0.2) is 0 Å². The lowest BCUT2D eigenvalue weighted by atomic mass is 9.98. The molecule has 8 rings (SSSR count). The molecule has 0 radical (unpaired) electrons. The lowest BCUT2D eigenvalue weighted by Crippen LogP contribution is -1.94. The monoisotopic (exact) mass is 581 g/mol. The molecule has 0 aliphatic carbocycles. The number of hydrogen-bond acceptors (Lipinski definition) is 1. The quantitative estimate of drug-likeness (QED) is 0.184. The molecule has 6 aromatic carbocycles. The summed E-state index contributed by atoms with van der Waals surface area (Å²) in [5, 5.41) is 5.20. The fraction of sp³-hybridized carbons (Fsp3) is 0.0476. The van der Waals surface area contributed by atoms with Crippen molar-refractivity contribution < 1.29 is 0 Å². The van der Waals surface area contributed by atoms with Gasteiger partial charge in [0.25, 0.3) is 0 Å². The zero-order valence-corrected chi connectivity index (χ0v) is 25.4. The first-order valence-corrected chi connectivity index (χ1v) is 15.9. The maximum Gasteiger partial charge on any atom is 0.0547 e. The summed E-state index contributed by atoms with van der Waals surface area (Å²) in [5.41, 5.74) is 11.0. The van der Waals surface area contributed by atoms with E-state index < -0.39 is 0 Å². The van der Waals surface area contributed by atoms with Crippen LogP contribution in [0.3, 0.4) is 0 Å². The first kappa shape index (κ1) is 26.4. The predicted molar refractivity (Wildman–Crippen MR) is 193 cm³/mol. The SMILES string of the molecule is C=Cc1cc2c3cc(-c4ccc(Cc5ccc6sc7ccccc7c6c5)cc4)ccc3n(-c3ccccc3)c2cc1/C=C\C. The summed E-state index contributed by atoms with van der Waals surface area (Å²) in [6, 6.07) is 46.9. The summed E-state index contributed by atoms with van der Waals surface area (Å²) in [6.07, 6.45) is 7.13. The van der Waals surface area contributed by atoms with Gasteiger partial charge in [-0.15, -0.1) is 11.3 Å². The molecular weight excluding hydrogens is 551 g/mol. The lowest BCUT2D eigenvalue weighted by Gasteiger charge is -2.09. The van der Waals surface area contributed by atoms with Crippen LogP contribution < -0.4 is 0 Å². The Hall–Kier alpha value is -5.18. The van der Waals surface area contributed by atoms with Gasteiger partial charge in [-0.05, 0) is 101 Å². The third-order valence-electron chi connectivity index (χ3n) is 8.69. The molecule has 0 spiro atoms.